The summed E-state index contributed by atoms with van der Waals surface area (Å²) in [4.78, 5) is 11.3. The Labute approximate surface area is 93.8 Å². The minimum atomic E-state index is -4.12. The van der Waals surface area contributed by atoms with E-state index in [1.165, 1.54) is 0 Å². The van der Waals surface area contributed by atoms with Crippen LogP contribution in [0.2, 0.25) is 0 Å². The van der Waals surface area contributed by atoms with E-state index in [2.05, 4.69) is 10.6 Å². The molecule has 0 spiro atoms. The zero-order chi connectivity index (χ0) is 12.6. The normalized spacial score (nSPS) is 13.6. The fourth-order valence-corrected chi connectivity index (χ4v) is 1.10. The van der Waals surface area contributed by atoms with Crippen LogP contribution in [0, 0.1) is 0 Å². The van der Waals surface area contributed by atoms with Gasteiger partial charge in [0.2, 0.25) is 5.91 Å². The van der Waals surface area contributed by atoms with E-state index in [0.717, 1.165) is 6.42 Å². The van der Waals surface area contributed by atoms with E-state index >= 15 is 0 Å². The SMILES string of the molecule is CCCNC(=O)C(C)NCCCC(F)(F)F. The lowest BCUT2D eigenvalue weighted by molar-refractivity contribution is -0.135. The highest BCUT2D eigenvalue weighted by Gasteiger charge is 2.26. The molecule has 0 aromatic heterocycles. The van der Waals surface area contributed by atoms with Crippen LogP contribution in [-0.2, 0) is 4.79 Å². The van der Waals surface area contributed by atoms with Crippen LogP contribution < -0.4 is 10.6 Å². The second-order valence-electron chi connectivity index (χ2n) is 3.69. The predicted molar refractivity (Wildman–Crippen MR) is 56.1 cm³/mol. The van der Waals surface area contributed by atoms with E-state index < -0.39 is 18.6 Å². The van der Waals surface area contributed by atoms with Crippen LogP contribution in [0.5, 0.6) is 0 Å². The quantitative estimate of drug-likeness (QED) is 0.667. The lowest BCUT2D eigenvalue weighted by Crippen LogP contribution is -2.42. The van der Waals surface area contributed by atoms with Gasteiger partial charge < -0.3 is 10.6 Å². The number of carbonyl (C=O) groups excluding carboxylic acids is 1. The predicted octanol–water partition coefficient (Wildman–Crippen LogP) is 1.83. The number of carbonyl (C=O) groups is 1. The van der Waals surface area contributed by atoms with Gasteiger partial charge >= 0.3 is 6.18 Å². The maximum Gasteiger partial charge on any atom is 0.389 e. The molecule has 1 amide bonds. The molecule has 0 saturated heterocycles. The maximum atomic E-state index is 11.8. The van der Waals surface area contributed by atoms with Crippen molar-refractivity contribution in [2.45, 2.75) is 45.3 Å². The molecule has 0 fully saturated rings. The average Bonchev–Trinajstić information content (AvgIpc) is 2.19. The Morgan fingerprint density at radius 3 is 2.44 bits per heavy atom. The molecule has 16 heavy (non-hydrogen) atoms. The highest BCUT2D eigenvalue weighted by atomic mass is 19.4. The van der Waals surface area contributed by atoms with Gasteiger partial charge in [-0.25, -0.2) is 0 Å². The summed E-state index contributed by atoms with van der Waals surface area (Å²) >= 11 is 0. The van der Waals surface area contributed by atoms with Gasteiger partial charge in [-0.1, -0.05) is 6.92 Å². The Bertz CT molecular complexity index is 207. The van der Waals surface area contributed by atoms with Gasteiger partial charge in [0.05, 0.1) is 6.04 Å². The summed E-state index contributed by atoms with van der Waals surface area (Å²) in [6.45, 7) is 4.36. The molecule has 0 aliphatic rings. The highest BCUT2D eigenvalue weighted by Crippen LogP contribution is 2.20. The smallest absolute Gasteiger partial charge is 0.355 e. The van der Waals surface area contributed by atoms with E-state index in [1.807, 2.05) is 6.92 Å². The van der Waals surface area contributed by atoms with E-state index in [-0.39, 0.29) is 18.9 Å². The van der Waals surface area contributed by atoms with Gasteiger partial charge in [0, 0.05) is 13.0 Å². The fraction of sp³-hybridized carbons (Fsp3) is 0.900. The third-order valence-electron chi connectivity index (χ3n) is 2.03. The van der Waals surface area contributed by atoms with Crippen molar-refractivity contribution in [1.29, 1.82) is 0 Å². The zero-order valence-corrected chi connectivity index (χ0v) is 9.66. The van der Waals surface area contributed by atoms with Gasteiger partial charge in [-0.05, 0) is 26.3 Å². The minimum Gasteiger partial charge on any atom is -0.355 e. The molecular formula is C10H19F3N2O. The Balaban J connectivity index is 3.57. The Morgan fingerprint density at radius 2 is 1.94 bits per heavy atom. The largest absolute Gasteiger partial charge is 0.389 e. The van der Waals surface area contributed by atoms with Gasteiger partial charge in [0.25, 0.3) is 0 Å². The van der Waals surface area contributed by atoms with Gasteiger partial charge in [-0.15, -0.1) is 0 Å². The summed E-state index contributed by atoms with van der Waals surface area (Å²) < 4.78 is 35.4. The summed E-state index contributed by atoms with van der Waals surface area (Å²) in [6.07, 6.45) is -4.10. The highest BCUT2D eigenvalue weighted by molar-refractivity contribution is 5.81. The summed E-state index contributed by atoms with van der Waals surface area (Å²) in [5.41, 5.74) is 0. The molecule has 1 unspecified atom stereocenters. The van der Waals surface area contributed by atoms with Crippen molar-refractivity contribution in [2.24, 2.45) is 0 Å². The molecule has 0 rings (SSSR count). The Hall–Kier alpha value is -0.780. The van der Waals surface area contributed by atoms with E-state index in [4.69, 9.17) is 0 Å². The van der Waals surface area contributed by atoms with Crippen molar-refractivity contribution in [3.05, 3.63) is 0 Å². The van der Waals surface area contributed by atoms with Crippen LogP contribution >= 0.6 is 0 Å². The van der Waals surface area contributed by atoms with Crippen LogP contribution in [0.4, 0.5) is 13.2 Å². The maximum absolute atomic E-state index is 11.8. The molecule has 0 aliphatic carbocycles. The third kappa shape index (κ3) is 8.52. The standard InChI is InChI=1S/C10H19F3N2O/c1-3-6-15-9(16)8(2)14-7-4-5-10(11,12)13/h8,14H,3-7H2,1-2H3,(H,15,16). The molecule has 96 valence electrons. The second-order valence-corrected chi connectivity index (χ2v) is 3.69. The summed E-state index contributed by atoms with van der Waals surface area (Å²) in [6, 6.07) is -0.445. The van der Waals surface area contributed by atoms with Crippen molar-refractivity contribution in [3.8, 4) is 0 Å². The van der Waals surface area contributed by atoms with Gasteiger partial charge in [-0.2, -0.15) is 13.2 Å². The lowest BCUT2D eigenvalue weighted by atomic mass is 10.2. The van der Waals surface area contributed by atoms with Crippen LogP contribution in [0.15, 0.2) is 0 Å². The first-order valence-corrected chi connectivity index (χ1v) is 5.44. The van der Waals surface area contributed by atoms with E-state index in [1.54, 1.807) is 6.92 Å². The monoisotopic (exact) mass is 240 g/mol. The van der Waals surface area contributed by atoms with Crippen LogP contribution in [0.3, 0.4) is 0 Å². The Kier molecular flexibility index (Phi) is 7.12. The van der Waals surface area contributed by atoms with Crippen LogP contribution in [0.25, 0.3) is 0 Å². The lowest BCUT2D eigenvalue weighted by Gasteiger charge is -2.14. The zero-order valence-electron chi connectivity index (χ0n) is 9.66. The first-order valence-electron chi connectivity index (χ1n) is 5.44. The third-order valence-corrected chi connectivity index (χ3v) is 2.03. The first kappa shape index (κ1) is 15.2. The molecule has 0 aliphatic heterocycles. The van der Waals surface area contributed by atoms with E-state index in [9.17, 15) is 18.0 Å². The number of amides is 1. The summed E-state index contributed by atoms with van der Waals surface area (Å²) in [5, 5.41) is 5.42. The number of alkyl halides is 3. The van der Waals surface area contributed by atoms with Crippen molar-refractivity contribution in [3.63, 3.8) is 0 Å². The second kappa shape index (κ2) is 7.49. The minimum absolute atomic E-state index is 0.00506. The number of halogens is 3. The van der Waals surface area contributed by atoms with Crippen molar-refractivity contribution < 1.29 is 18.0 Å². The first-order chi connectivity index (χ1) is 7.37. The molecule has 0 bridgehead atoms. The number of nitrogens with one attached hydrogen (secondary N) is 2. The molecule has 0 heterocycles. The molecule has 2 N–H and O–H groups in total. The summed E-state index contributed by atoms with van der Waals surface area (Å²) in [7, 11) is 0. The van der Waals surface area contributed by atoms with Crippen molar-refractivity contribution in [1.82, 2.24) is 10.6 Å². The molecule has 6 heteroatoms. The fourth-order valence-electron chi connectivity index (χ4n) is 1.10. The van der Waals surface area contributed by atoms with Gasteiger partial charge in [0.15, 0.2) is 0 Å². The molecular weight excluding hydrogens is 221 g/mol. The molecule has 3 nitrogen and oxygen atoms in total. The molecule has 0 radical (unpaired) electrons. The van der Waals surface area contributed by atoms with Crippen molar-refractivity contribution >= 4 is 5.91 Å². The van der Waals surface area contributed by atoms with Crippen molar-refractivity contribution in [2.75, 3.05) is 13.1 Å². The molecule has 0 saturated carbocycles. The van der Waals surface area contributed by atoms with Crippen LogP contribution in [-0.4, -0.2) is 31.2 Å². The number of hydrogen-bond acceptors (Lipinski definition) is 2. The number of rotatable bonds is 7. The Morgan fingerprint density at radius 1 is 1.31 bits per heavy atom. The van der Waals surface area contributed by atoms with Crippen LogP contribution in [0.1, 0.15) is 33.1 Å². The number of hydrogen-bond donors (Lipinski definition) is 2. The topological polar surface area (TPSA) is 41.1 Å². The molecule has 1 atom stereocenters. The molecule has 0 aromatic carbocycles. The van der Waals surface area contributed by atoms with Gasteiger partial charge in [-0.3, -0.25) is 4.79 Å². The average molecular weight is 240 g/mol. The molecule has 0 aromatic rings. The van der Waals surface area contributed by atoms with Gasteiger partial charge in [0.1, 0.15) is 0 Å². The van der Waals surface area contributed by atoms with E-state index in [0.29, 0.717) is 6.54 Å². The summed E-state index contributed by atoms with van der Waals surface area (Å²) in [5.74, 6) is -0.172.